The lowest BCUT2D eigenvalue weighted by molar-refractivity contribution is -0.132. The number of benzene rings is 2. The Morgan fingerprint density at radius 1 is 1.04 bits per heavy atom. The van der Waals surface area contributed by atoms with Gasteiger partial charge in [0, 0.05) is 4.47 Å². The molecule has 0 spiro atoms. The monoisotopic (exact) mass is 372 g/mol. The summed E-state index contributed by atoms with van der Waals surface area (Å²) in [5, 5.41) is 2.89. The fraction of sp³-hybridized carbons (Fsp3) is 0.222. The Balaban J connectivity index is 1.91. The van der Waals surface area contributed by atoms with E-state index < -0.39 is 5.54 Å². The van der Waals surface area contributed by atoms with E-state index in [2.05, 4.69) is 21.2 Å². The lowest BCUT2D eigenvalue weighted by Crippen LogP contribution is -2.43. The molecule has 0 unspecified atom stereocenters. The zero-order valence-electron chi connectivity index (χ0n) is 12.8. The second-order valence-corrected chi connectivity index (χ2v) is 6.49. The third kappa shape index (κ3) is 2.77. The van der Waals surface area contributed by atoms with Gasteiger partial charge in [-0.3, -0.25) is 9.69 Å². The molecule has 0 bridgehead atoms. The molecule has 1 fully saturated rings. The summed E-state index contributed by atoms with van der Waals surface area (Å²) in [5.41, 5.74) is 0.768. The van der Waals surface area contributed by atoms with Crippen LogP contribution in [0.3, 0.4) is 0 Å². The molecule has 23 heavy (non-hydrogen) atoms. The van der Waals surface area contributed by atoms with Crippen LogP contribution in [0.15, 0.2) is 59.1 Å². The number of nitrogens with zero attached hydrogens (tertiary/aromatic N) is 1. The van der Waals surface area contributed by atoms with Crippen LogP contribution in [-0.4, -0.2) is 16.8 Å². The first-order valence-electron chi connectivity index (χ1n) is 7.51. The number of carbonyl (C=O) groups is 2. The van der Waals surface area contributed by atoms with Gasteiger partial charge in [-0.25, -0.2) is 4.79 Å². The molecule has 1 aliphatic heterocycles. The van der Waals surface area contributed by atoms with Gasteiger partial charge in [-0.2, -0.15) is 0 Å². The van der Waals surface area contributed by atoms with Crippen LogP contribution in [0.25, 0.3) is 0 Å². The van der Waals surface area contributed by atoms with E-state index in [1.807, 2.05) is 61.5 Å². The van der Waals surface area contributed by atoms with Crippen molar-refractivity contribution in [1.29, 1.82) is 0 Å². The van der Waals surface area contributed by atoms with Crippen molar-refractivity contribution >= 4 is 27.9 Å². The molecule has 1 aliphatic rings. The smallest absolute Gasteiger partial charge is 0.319 e. The summed E-state index contributed by atoms with van der Waals surface area (Å²) in [4.78, 5) is 26.7. The average molecular weight is 373 g/mol. The van der Waals surface area contributed by atoms with Gasteiger partial charge in [-0.1, -0.05) is 65.3 Å². The Kier molecular flexibility index (Phi) is 4.22. The molecule has 1 atom stereocenters. The maximum atomic E-state index is 13.0. The fourth-order valence-electron chi connectivity index (χ4n) is 2.90. The number of hydrogen-bond donors (Lipinski definition) is 1. The first kappa shape index (κ1) is 15.7. The summed E-state index contributed by atoms with van der Waals surface area (Å²) in [6, 6.07) is 16.7. The molecule has 0 radical (unpaired) electrons. The van der Waals surface area contributed by atoms with Crippen LogP contribution >= 0.6 is 15.9 Å². The molecule has 2 aromatic rings. The van der Waals surface area contributed by atoms with Gasteiger partial charge >= 0.3 is 6.03 Å². The highest BCUT2D eigenvalue weighted by atomic mass is 79.9. The molecule has 1 heterocycles. The Bertz CT molecular complexity index is 730. The van der Waals surface area contributed by atoms with Crippen molar-refractivity contribution in [2.24, 2.45) is 0 Å². The Hall–Kier alpha value is -2.14. The van der Waals surface area contributed by atoms with E-state index in [9.17, 15) is 9.59 Å². The molecular formula is C18H17BrN2O2. The van der Waals surface area contributed by atoms with Gasteiger partial charge in [0.2, 0.25) is 0 Å². The molecule has 4 nitrogen and oxygen atoms in total. The van der Waals surface area contributed by atoms with Crippen molar-refractivity contribution in [2.45, 2.75) is 25.4 Å². The normalized spacial score (nSPS) is 20.7. The maximum absolute atomic E-state index is 13.0. The molecule has 118 valence electrons. The summed E-state index contributed by atoms with van der Waals surface area (Å²) in [5.74, 6) is -0.195. The third-order valence-electron chi connectivity index (χ3n) is 4.23. The van der Waals surface area contributed by atoms with Gasteiger partial charge < -0.3 is 5.32 Å². The summed E-state index contributed by atoms with van der Waals surface area (Å²) in [7, 11) is 0. The van der Waals surface area contributed by atoms with E-state index in [0.717, 1.165) is 15.6 Å². The highest BCUT2D eigenvalue weighted by Crippen LogP contribution is 2.33. The minimum Gasteiger partial charge on any atom is -0.319 e. The summed E-state index contributed by atoms with van der Waals surface area (Å²) in [6.07, 6.45) is 0.512. The number of carbonyl (C=O) groups excluding carboxylic acids is 2. The van der Waals surface area contributed by atoms with Gasteiger partial charge in [-0.05, 0) is 29.7 Å². The van der Waals surface area contributed by atoms with E-state index in [1.54, 1.807) is 0 Å². The lowest BCUT2D eigenvalue weighted by Gasteiger charge is -2.25. The van der Waals surface area contributed by atoms with Crippen LogP contribution in [0.5, 0.6) is 0 Å². The van der Waals surface area contributed by atoms with Gasteiger partial charge in [0.15, 0.2) is 0 Å². The molecule has 0 saturated carbocycles. The molecule has 5 heteroatoms. The minimum absolute atomic E-state index is 0.195. The number of halogens is 1. The first-order valence-corrected chi connectivity index (χ1v) is 8.30. The van der Waals surface area contributed by atoms with Crippen LogP contribution in [-0.2, 0) is 16.9 Å². The maximum Gasteiger partial charge on any atom is 0.325 e. The minimum atomic E-state index is -0.965. The molecule has 0 aromatic heterocycles. The second kappa shape index (κ2) is 6.16. The topological polar surface area (TPSA) is 49.4 Å². The standard InChI is InChI=1S/C18H17BrN2O2/c1-2-18(14-6-4-3-5-7-14)16(22)21(17(23)20-18)12-13-8-10-15(19)11-9-13/h3-11H,2,12H2,1H3,(H,20,23)/t18-/m1/s1. The SMILES string of the molecule is CC[C@]1(c2ccccc2)NC(=O)N(Cc2ccc(Br)cc2)C1=O. The van der Waals surface area contributed by atoms with Crippen LogP contribution < -0.4 is 5.32 Å². The van der Waals surface area contributed by atoms with Crippen molar-refractivity contribution in [2.75, 3.05) is 0 Å². The number of amides is 3. The quantitative estimate of drug-likeness (QED) is 0.829. The Morgan fingerprint density at radius 2 is 1.70 bits per heavy atom. The van der Waals surface area contributed by atoms with Gasteiger partial charge in [0.05, 0.1) is 6.54 Å². The van der Waals surface area contributed by atoms with E-state index >= 15 is 0 Å². The van der Waals surface area contributed by atoms with Crippen molar-refractivity contribution in [3.8, 4) is 0 Å². The summed E-state index contributed by atoms with van der Waals surface area (Å²) in [6.45, 7) is 2.18. The zero-order chi connectivity index (χ0) is 16.4. The highest BCUT2D eigenvalue weighted by molar-refractivity contribution is 9.10. The largest absolute Gasteiger partial charge is 0.325 e. The predicted molar refractivity (Wildman–Crippen MR) is 91.6 cm³/mol. The highest BCUT2D eigenvalue weighted by Gasteiger charge is 2.50. The number of urea groups is 1. The van der Waals surface area contributed by atoms with Crippen molar-refractivity contribution in [3.63, 3.8) is 0 Å². The van der Waals surface area contributed by atoms with Crippen molar-refractivity contribution < 1.29 is 9.59 Å². The second-order valence-electron chi connectivity index (χ2n) is 5.57. The molecule has 1 N–H and O–H groups in total. The third-order valence-corrected chi connectivity index (χ3v) is 4.76. The van der Waals surface area contributed by atoms with Crippen LogP contribution in [0.4, 0.5) is 4.79 Å². The van der Waals surface area contributed by atoms with Crippen LogP contribution in [0.1, 0.15) is 24.5 Å². The van der Waals surface area contributed by atoms with Gasteiger partial charge in [-0.15, -0.1) is 0 Å². The first-order chi connectivity index (χ1) is 11.1. The number of imide groups is 1. The Morgan fingerprint density at radius 3 is 2.30 bits per heavy atom. The zero-order valence-corrected chi connectivity index (χ0v) is 14.3. The fourth-order valence-corrected chi connectivity index (χ4v) is 3.17. The number of rotatable bonds is 4. The molecule has 3 amide bonds. The molecule has 1 saturated heterocycles. The average Bonchev–Trinajstić information content (AvgIpc) is 2.83. The lowest BCUT2D eigenvalue weighted by atomic mass is 9.87. The van der Waals surface area contributed by atoms with Gasteiger partial charge in [0.1, 0.15) is 5.54 Å². The van der Waals surface area contributed by atoms with E-state index in [4.69, 9.17) is 0 Å². The summed E-state index contributed by atoms with van der Waals surface area (Å²) < 4.78 is 0.964. The molecular weight excluding hydrogens is 356 g/mol. The van der Waals surface area contributed by atoms with Gasteiger partial charge in [0.25, 0.3) is 5.91 Å². The van der Waals surface area contributed by atoms with E-state index in [0.29, 0.717) is 6.42 Å². The number of nitrogens with one attached hydrogen (secondary N) is 1. The van der Waals surface area contributed by atoms with Crippen LogP contribution in [0.2, 0.25) is 0 Å². The number of hydrogen-bond acceptors (Lipinski definition) is 2. The Labute approximate surface area is 143 Å². The van der Waals surface area contributed by atoms with Crippen molar-refractivity contribution in [3.05, 3.63) is 70.2 Å². The van der Waals surface area contributed by atoms with E-state index in [1.165, 1.54) is 4.90 Å². The molecule has 3 rings (SSSR count). The van der Waals surface area contributed by atoms with Crippen LogP contribution in [0, 0.1) is 0 Å². The molecule has 2 aromatic carbocycles. The summed E-state index contributed by atoms with van der Waals surface area (Å²) >= 11 is 3.38. The van der Waals surface area contributed by atoms with Crippen molar-refractivity contribution in [1.82, 2.24) is 10.2 Å². The van der Waals surface area contributed by atoms with E-state index in [-0.39, 0.29) is 18.5 Å². The molecule has 0 aliphatic carbocycles. The predicted octanol–water partition coefficient (Wildman–Crippen LogP) is 3.81.